The highest BCUT2D eigenvalue weighted by Gasteiger charge is 2.41. The Morgan fingerprint density at radius 3 is 2.42 bits per heavy atom. The zero-order chi connectivity index (χ0) is 18.7. The molecule has 0 spiro atoms. The molecule has 134 valence electrons. The molecule has 0 aromatic heterocycles. The molecule has 0 radical (unpaired) electrons. The number of rotatable bonds is 6. The van der Waals surface area contributed by atoms with E-state index in [9.17, 15) is 9.59 Å². The Bertz CT molecular complexity index is 879. The van der Waals surface area contributed by atoms with E-state index in [1.165, 1.54) is 7.11 Å². The molecule has 1 N–H and O–H groups in total. The SMILES string of the molecule is COc1ccccc1N1C(=O)C(SCCO)=C(c2ccc(Cl)cc2)C1=O. The van der Waals surface area contributed by atoms with Crippen LogP contribution in [0.25, 0.3) is 5.57 Å². The van der Waals surface area contributed by atoms with Crippen LogP contribution >= 0.6 is 23.4 Å². The molecular formula is C19H16ClNO4S. The molecule has 3 rings (SSSR count). The van der Waals surface area contributed by atoms with Crippen molar-refractivity contribution in [2.75, 3.05) is 24.4 Å². The van der Waals surface area contributed by atoms with Crippen LogP contribution in [0.1, 0.15) is 5.56 Å². The van der Waals surface area contributed by atoms with Gasteiger partial charge < -0.3 is 9.84 Å². The summed E-state index contributed by atoms with van der Waals surface area (Å²) in [4.78, 5) is 27.5. The Morgan fingerprint density at radius 1 is 1.08 bits per heavy atom. The van der Waals surface area contributed by atoms with Crippen molar-refractivity contribution in [3.05, 3.63) is 64.0 Å². The Labute approximate surface area is 160 Å². The van der Waals surface area contributed by atoms with Gasteiger partial charge in [0.05, 0.1) is 29.9 Å². The first-order valence-corrected chi connectivity index (χ1v) is 9.20. The largest absolute Gasteiger partial charge is 0.495 e. The van der Waals surface area contributed by atoms with Gasteiger partial charge in [0.2, 0.25) is 0 Å². The predicted octanol–water partition coefficient (Wildman–Crippen LogP) is 3.36. The number of aliphatic hydroxyl groups is 1. The number of hydrogen-bond acceptors (Lipinski definition) is 5. The molecular weight excluding hydrogens is 374 g/mol. The van der Waals surface area contributed by atoms with Gasteiger partial charge in [0.1, 0.15) is 5.75 Å². The molecule has 2 amide bonds. The van der Waals surface area contributed by atoms with Crippen LogP contribution in [0.5, 0.6) is 5.75 Å². The van der Waals surface area contributed by atoms with Crippen LogP contribution < -0.4 is 9.64 Å². The van der Waals surface area contributed by atoms with Gasteiger partial charge in [-0.05, 0) is 29.8 Å². The van der Waals surface area contributed by atoms with E-state index in [-0.39, 0.29) is 6.61 Å². The summed E-state index contributed by atoms with van der Waals surface area (Å²) >= 11 is 7.09. The molecule has 0 saturated carbocycles. The number of hydrogen-bond donors (Lipinski definition) is 1. The van der Waals surface area contributed by atoms with Crippen LogP contribution in [0.4, 0.5) is 5.69 Å². The van der Waals surface area contributed by atoms with E-state index in [1.807, 2.05) is 0 Å². The predicted molar refractivity (Wildman–Crippen MR) is 103 cm³/mol. The van der Waals surface area contributed by atoms with Gasteiger partial charge in [-0.3, -0.25) is 9.59 Å². The molecule has 7 heteroatoms. The fourth-order valence-corrected chi connectivity index (χ4v) is 3.68. The van der Waals surface area contributed by atoms with Crippen LogP contribution in [0.2, 0.25) is 5.02 Å². The molecule has 2 aromatic rings. The summed E-state index contributed by atoms with van der Waals surface area (Å²) in [6, 6.07) is 13.6. The normalized spacial score (nSPS) is 14.3. The quantitative estimate of drug-likeness (QED) is 0.767. The number of aliphatic hydroxyl groups excluding tert-OH is 1. The topological polar surface area (TPSA) is 66.8 Å². The van der Waals surface area contributed by atoms with Gasteiger partial charge in [0, 0.05) is 10.8 Å². The molecule has 0 saturated heterocycles. The molecule has 1 aliphatic rings. The van der Waals surface area contributed by atoms with E-state index in [0.29, 0.717) is 38.3 Å². The molecule has 5 nitrogen and oxygen atoms in total. The fraction of sp³-hybridized carbons (Fsp3) is 0.158. The Kier molecular flexibility index (Phi) is 5.66. The zero-order valence-electron chi connectivity index (χ0n) is 13.9. The van der Waals surface area contributed by atoms with Crippen LogP contribution in [0.3, 0.4) is 0 Å². The first-order chi connectivity index (χ1) is 12.6. The number of imide groups is 1. The minimum absolute atomic E-state index is 0.0990. The van der Waals surface area contributed by atoms with Crippen molar-refractivity contribution in [3.63, 3.8) is 0 Å². The lowest BCUT2D eigenvalue weighted by atomic mass is 10.1. The number of ether oxygens (including phenoxy) is 1. The summed E-state index contributed by atoms with van der Waals surface area (Å²) < 4.78 is 5.30. The minimum atomic E-state index is -0.428. The minimum Gasteiger partial charge on any atom is -0.495 e. The van der Waals surface area contributed by atoms with Gasteiger partial charge in [0.15, 0.2) is 0 Å². The maximum Gasteiger partial charge on any atom is 0.272 e. The van der Waals surface area contributed by atoms with E-state index in [0.717, 1.165) is 16.7 Å². The highest BCUT2D eigenvalue weighted by atomic mass is 35.5. The summed E-state index contributed by atoms with van der Waals surface area (Å²) in [6.07, 6.45) is 0. The van der Waals surface area contributed by atoms with Gasteiger partial charge >= 0.3 is 0 Å². The molecule has 0 unspecified atom stereocenters. The Balaban J connectivity index is 2.10. The van der Waals surface area contributed by atoms with Crippen molar-refractivity contribution in [2.24, 2.45) is 0 Å². The number of thioether (sulfide) groups is 1. The van der Waals surface area contributed by atoms with Crippen molar-refractivity contribution >= 4 is 46.4 Å². The lowest BCUT2D eigenvalue weighted by Crippen LogP contribution is -2.31. The van der Waals surface area contributed by atoms with Gasteiger partial charge in [-0.2, -0.15) is 0 Å². The smallest absolute Gasteiger partial charge is 0.272 e. The summed E-state index contributed by atoms with van der Waals surface area (Å²) in [5, 5.41) is 9.69. The summed E-state index contributed by atoms with van der Waals surface area (Å²) in [5.41, 5.74) is 1.29. The number of methoxy groups -OCH3 is 1. The molecule has 0 atom stereocenters. The Morgan fingerprint density at radius 2 is 1.77 bits per heavy atom. The number of para-hydroxylation sites is 2. The number of amides is 2. The highest BCUT2D eigenvalue weighted by Crippen LogP contribution is 2.41. The van der Waals surface area contributed by atoms with Crippen molar-refractivity contribution in [1.29, 1.82) is 0 Å². The maximum atomic E-state index is 13.1. The highest BCUT2D eigenvalue weighted by molar-refractivity contribution is 8.04. The second-order valence-electron chi connectivity index (χ2n) is 5.40. The number of benzene rings is 2. The monoisotopic (exact) mass is 389 g/mol. The third-order valence-electron chi connectivity index (χ3n) is 3.84. The molecule has 26 heavy (non-hydrogen) atoms. The molecule has 1 aliphatic heterocycles. The molecule has 1 heterocycles. The number of carbonyl (C=O) groups excluding carboxylic acids is 2. The van der Waals surface area contributed by atoms with Crippen molar-refractivity contribution in [2.45, 2.75) is 0 Å². The molecule has 0 bridgehead atoms. The average Bonchev–Trinajstić information content (AvgIpc) is 2.90. The van der Waals surface area contributed by atoms with Crippen LogP contribution in [0, 0.1) is 0 Å². The molecule has 2 aromatic carbocycles. The maximum absolute atomic E-state index is 13.1. The summed E-state index contributed by atoms with van der Waals surface area (Å²) in [7, 11) is 1.48. The van der Waals surface area contributed by atoms with Crippen molar-refractivity contribution in [3.8, 4) is 5.75 Å². The Hall–Kier alpha value is -2.28. The standard InChI is InChI=1S/C19H16ClNO4S/c1-25-15-5-3-2-4-14(15)21-18(23)16(12-6-8-13(20)9-7-12)17(19(21)24)26-11-10-22/h2-9,22H,10-11H2,1H3. The average molecular weight is 390 g/mol. The lowest BCUT2D eigenvalue weighted by Gasteiger charge is -2.18. The second kappa shape index (κ2) is 7.95. The molecule has 0 fully saturated rings. The zero-order valence-corrected chi connectivity index (χ0v) is 15.5. The van der Waals surface area contributed by atoms with E-state index in [1.54, 1.807) is 48.5 Å². The third-order valence-corrected chi connectivity index (χ3v) is 5.14. The first kappa shape index (κ1) is 18.5. The van der Waals surface area contributed by atoms with E-state index in [2.05, 4.69) is 0 Å². The summed E-state index contributed by atoms with van der Waals surface area (Å²) in [6.45, 7) is -0.0990. The number of nitrogens with zero attached hydrogens (tertiary/aromatic N) is 1. The fourth-order valence-electron chi connectivity index (χ4n) is 2.70. The van der Waals surface area contributed by atoms with Crippen molar-refractivity contribution < 1.29 is 19.4 Å². The number of anilines is 1. The lowest BCUT2D eigenvalue weighted by molar-refractivity contribution is -0.119. The van der Waals surface area contributed by atoms with E-state index >= 15 is 0 Å². The third kappa shape index (κ3) is 3.35. The van der Waals surface area contributed by atoms with Crippen LogP contribution in [-0.2, 0) is 9.59 Å². The van der Waals surface area contributed by atoms with Gasteiger partial charge in [-0.1, -0.05) is 35.9 Å². The first-order valence-electron chi connectivity index (χ1n) is 7.84. The van der Waals surface area contributed by atoms with Gasteiger partial charge in [0.25, 0.3) is 11.8 Å². The number of halogens is 1. The van der Waals surface area contributed by atoms with E-state index < -0.39 is 11.8 Å². The van der Waals surface area contributed by atoms with Crippen LogP contribution in [-0.4, -0.2) is 36.4 Å². The van der Waals surface area contributed by atoms with E-state index in [4.69, 9.17) is 21.4 Å². The second-order valence-corrected chi connectivity index (χ2v) is 6.94. The van der Waals surface area contributed by atoms with Gasteiger partial charge in [-0.25, -0.2) is 4.90 Å². The summed E-state index contributed by atoms with van der Waals surface area (Å²) in [5.74, 6) is -0.117. The number of carbonyl (C=O) groups is 2. The molecule has 0 aliphatic carbocycles. The van der Waals surface area contributed by atoms with Crippen molar-refractivity contribution in [1.82, 2.24) is 0 Å². The van der Waals surface area contributed by atoms with Gasteiger partial charge in [-0.15, -0.1) is 11.8 Å². The van der Waals surface area contributed by atoms with Crippen LogP contribution in [0.15, 0.2) is 53.4 Å².